The van der Waals surface area contributed by atoms with E-state index in [1.54, 1.807) is 0 Å². The number of rotatable bonds is 8. The molecular formula is C17H36N2. The Kier molecular flexibility index (Phi) is 8.01. The molecule has 0 heterocycles. The molecule has 1 unspecified atom stereocenters. The van der Waals surface area contributed by atoms with Crippen LogP contribution in [0.4, 0.5) is 0 Å². The van der Waals surface area contributed by atoms with Gasteiger partial charge in [0.05, 0.1) is 0 Å². The lowest BCUT2D eigenvalue weighted by atomic mass is 9.86. The number of nitrogens with zero attached hydrogens (tertiary/aromatic N) is 1. The standard InChI is InChI=1S/C17H36N2/c1-14(2)13-18-12-6-7-16(4)19(5)17-10-8-15(3)9-11-17/h14-18H,6-13H2,1-5H3. The van der Waals surface area contributed by atoms with Crippen LogP contribution in [0.3, 0.4) is 0 Å². The van der Waals surface area contributed by atoms with Crippen molar-refractivity contribution in [1.29, 1.82) is 0 Å². The summed E-state index contributed by atoms with van der Waals surface area (Å²) in [5, 5.41) is 3.55. The van der Waals surface area contributed by atoms with Crippen LogP contribution >= 0.6 is 0 Å². The second-order valence-corrected chi connectivity index (χ2v) is 7.17. The molecule has 1 N–H and O–H groups in total. The molecule has 1 saturated carbocycles. The molecular weight excluding hydrogens is 232 g/mol. The summed E-state index contributed by atoms with van der Waals surface area (Å²) in [4.78, 5) is 2.65. The first-order valence-corrected chi connectivity index (χ1v) is 8.43. The molecule has 0 bridgehead atoms. The van der Waals surface area contributed by atoms with Crippen molar-refractivity contribution in [3.8, 4) is 0 Å². The fraction of sp³-hybridized carbons (Fsp3) is 1.00. The van der Waals surface area contributed by atoms with E-state index in [1.807, 2.05) is 0 Å². The lowest BCUT2D eigenvalue weighted by molar-refractivity contribution is 0.125. The zero-order valence-corrected chi connectivity index (χ0v) is 13.9. The molecule has 0 aromatic rings. The smallest absolute Gasteiger partial charge is 0.00952 e. The van der Waals surface area contributed by atoms with E-state index in [9.17, 15) is 0 Å². The zero-order chi connectivity index (χ0) is 14.3. The van der Waals surface area contributed by atoms with E-state index in [4.69, 9.17) is 0 Å². The molecule has 0 radical (unpaired) electrons. The van der Waals surface area contributed by atoms with E-state index in [0.29, 0.717) is 0 Å². The van der Waals surface area contributed by atoms with Gasteiger partial charge in [-0.15, -0.1) is 0 Å². The maximum atomic E-state index is 3.55. The highest BCUT2D eigenvalue weighted by atomic mass is 15.2. The number of hydrogen-bond acceptors (Lipinski definition) is 2. The van der Waals surface area contributed by atoms with Crippen molar-refractivity contribution < 1.29 is 0 Å². The molecule has 1 aliphatic carbocycles. The zero-order valence-electron chi connectivity index (χ0n) is 13.9. The second-order valence-electron chi connectivity index (χ2n) is 7.17. The topological polar surface area (TPSA) is 15.3 Å². The van der Waals surface area contributed by atoms with Gasteiger partial charge in [-0.05, 0) is 77.4 Å². The Morgan fingerprint density at radius 1 is 1.11 bits per heavy atom. The molecule has 0 aliphatic heterocycles. The van der Waals surface area contributed by atoms with Crippen molar-refractivity contribution in [1.82, 2.24) is 10.2 Å². The van der Waals surface area contributed by atoms with E-state index < -0.39 is 0 Å². The molecule has 2 nitrogen and oxygen atoms in total. The summed E-state index contributed by atoms with van der Waals surface area (Å²) < 4.78 is 0. The molecule has 0 amide bonds. The molecule has 0 aromatic heterocycles. The number of nitrogens with one attached hydrogen (secondary N) is 1. The molecule has 1 atom stereocenters. The lowest BCUT2D eigenvalue weighted by Gasteiger charge is -2.37. The third kappa shape index (κ3) is 6.76. The van der Waals surface area contributed by atoms with Crippen LogP contribution in [-0.4, -0.2) is 37.1 Å². The first-order valence-electron chi connectivity index (χ1n) is 8.43. The van der Waals surface area contributed by atoms with Crippen molar-refractivity contribution in [2.24, 2.45) is 11.8 Å². The quantitative estimate of drug-likeness (QED) is 0.671. The van der Waals surface area contributed by atoms with Crippen LogP contribution in [0.2, 0.25) is 0 Å². The van der Waals surface area contributed by atoms with Gasteiger partial charge in [0.25, 0.3) is 0 Å². The summed E-state index contributed by atoms with van der Waals surface area (Å²) in [5.74, 6) is 1.73. The molecule has 2 heteroatoms. The van der Waals surface area contributed by atoms with Gasteiger partial charge in [0.15, 0.2) is 0 Å². The van der Waals surface area contributed by atoms with Crippen LogP contribution in [0.25, 0.3) is 0 Å². The predicted octanol–water partition coefficient (Wildman–Crippen LogP) is 3.91. The van der Waals surface area contributed by atoms with Crippen LogP contribution in [0, 0.1) is 11.8 Å². The van der Waals surface area contributed by atoms with Crippen molar-refractivity contribution in [2.75, 3.05) is 20.1 Å². The van der Waals surface area contributed by atoms with Crippen molar-refractivity contribution >= 4 is 0 Å². The second kappa shape index (κ2) is 8.97. The molecule has 1 rings (SSSR count). The molecule has 1 aliphatic rings. The van der Waals surface area contributed by atoms with E-state index in [2.05, 4.69) is 45.0 Å². The summed E-state index contributed by atoms with van der Waals surface area (Å²) in [6.45, 7) is 11.7. The Morgan fingerprint density at radius 2 is 1.74 bits per heavy atom. The highest BCUT2D eigenvalue weighted by molar-refractivity contribution is 4.79. The predicted molar refractivity (Wildman–Crippen MR) is 85.6 cm³/mol. The Labute approximate surface area is 121 Å². The lowest BCUT2D eigenvalue weighted by Crippen LogP contribution is -2.41. The summed E-state index contributed by atoms with van der Waals surface area (Å²) in [7, 11) is 2.34. The van der Waals surface area contributed by atoms with Crippen molar-refractivity contribution in [2.45, 2.75) is 78.3 Å². The normalized spacial score (nSPS) is 26.1. The van der Waals surface area contributed by atoms with Crippen LogP contribution in [-0.2, 0) is 0 Å². The van der Waals surface area contributed by atoms with Crippen LogP contribution in [0.1, 0.15) is 66.2 Å². The Hall–Kier alpha value is -0.0800. The van der Waals surface area contributed by atoms with Gasteiger partial charge in [0, 0.05) is 12.1 Å². The van der Waals surface area contributed by atoms with Gasteiger partial charge in [-0.25, -0.2) is 0 Å². The average molecular weight is 268 g/mol. The summed E-state index contributed by atoms with van der Waals surface area (Å²) >= 11 is 0. The number of hydrogen-bond donors (Lipinski definition) is 1. The third-order valence-corrected chi connectivity index (χ3v) is 4.78. The largest absolute Gasteiger partial charge is 0.316 e. The van der Waals surface area contributed by atoms with E-state index in [0.717, 1.165) is 30.5 Å². The van der Waals surface area contributed by atoms with Gasteiger partial charge in [0.1, 0.15) is 0 Å². The highest BCUT2D eigenvalue weighted by Gasteiger charge is 2.24. The fourth-order valence-electron chi connectivity index (χ4n) is 3.13. The van der Waals surface area contributed by atoms with Crippen molar-refractivity contribution in [3.63, 3.8) is 0 Å². The van der Waals surface area contributed by atoms with E-state index in [1.165, 1.54) is 45.1 Å². The maximum Gasteiger partial charge on any atom is 0.00952 e. The van der Waals surface area contributed by atoms with Crippen LogP contribution in [0.5, 0.6) is 0 Å². The molecule has 0 aromatic carbocycles. The Balaban J connectivity index is 2.12. The van der Waals surface area contributed by atoms with Crippen molar-refractivity contribution in [3.05, 3.63) is 0 Å². The van der Waals surface area contributed by atoms with E-state index >= 15 is 0 Å². The van der Waals surface area contributed by atoms with E-state index in [-0.39, 0.29) is 0 Å². The SMILES string of the molecule is CC(C)CNCCCC(C)N(C)C1CCC(C)CC1. The van der Waals surface area contributed by atoms with Gasteiger partial charge in [0.2, 0.25) is 0 Å². The Bertz CT molecular complexity index is 219. The molecule has 0 spiro atoms. The summed E-state index contributed by atoms with van der Waals surface area (Å²) in [6, 6.07) is 1.58. The van der Waals surface area contributed by atoms with Gasteiger partial charge < -0.3 is 10.2 Å². The van der Waals surface area contributed by atoms with Gasteiger partial charge in [-0.3, -0.25) is 0 Å². The van der Waals surface area contributed by atoms with Gasteiger partial charge in [-0.2, -0.15) is 0 Å². The molecule has 114 valence electrons. The van der Waals surface area contributed by atoms with Gasteiger partial charge in [-0.1, -0.05) is 20.8 Å². The van der Waals surface area contributed by atoms with Gasteiger partial charge >= 0.3 is 0 Å². The monoisotopic (exact) mass is 268 g/mol. The Morgan fingerprint density at radius 3 is 2.32 bits per heavy atom. The first-order chi connectivity index (χ1) is 9.00. The molecule has 1 fully saturated rings. The maximum absolute atomic E-state index is 3.55. The highest BCUT2D eigenvalue weighted by Crippen LogP contribution is 2.27. The minimum Gasteiger partial charge on any atom is -0.316 e. The molecule has 0 saturated heterocycles. The summed E-state index contributed by atoms with van der Waals surface area (Å²) in [6.07, 6.45) is 8.31. The average Bonchev–Trinajstić information content (AvgIpc) is 2.37. The first kappa shape index (κ1) is 17.0. The minimum atomic E-state index is 0.735. The minimum absolute atomic E-state index is 0.735. The van der Waals surface area contributed by atoms with Crippen LogP contribution < -0.4 is 5.32 Å². The molecule has 19 heavy (non-hydrogen) atoms. The van der Waals surface area contributed by atoms with Crippen LogP contribution in [0.15, 0.2) is 0 Å². The third-order valence-electron chi connectivity index (χ3n) is 4.78. The fourth-order valence-corrected chi connectivity index (χ4v) is 3.13. The summed E-state index contributed by atoms with van der Waals surface area (Å²) in [5.41, 5.74) is 0.